The summed E-state index contributed by atoms with van der Waals surface area (Å²) in [6, 6.07) is 12.6. The highest BCUT2D eigenvalue weighted by Crippen LogP contribution is 2.16. The number of aromatic nitrogens is 3. The SMILES string of the molecule is Cc1nc(C(=O)Nc2ccc(Cl)cc2)cc(N(C)CCc2ccncc2)n1. The number of hydrogen-bond acceptors (Lipinski definition) is 5. The van der Waals surface area contributed by atoms with E-state index in [1.54, 1.807) is 49.6 Å². The van der Waals surface area contributed by atoms with Crippen LogP contribution in [0.3, 0.4) is 0 Å². The molecule has 0 aliphatic carbocycles. The maximum Gasteiger partial charge on any atom is 0.274 e. The zero-order chi connectivity index (χ0) is 19.2. The zero-order valence-electron chi connectivity index (χ0n) is 15.2. The maximum absolute atomic E-state index is 12.5. The largest absolute Gasteiger partial charge is 0.359 e. The standard InChI is InChI=1S/C20H20ClN5O/c1-14-23-18(20(27)25-17-5-3-16(21)4-6-17)13-19(24-14)26(2)12-9-15-7-10-22-11-8-15/h3-8,10-11,13H,9,12H2,1-2H3,(H,25,27). The van der Waals surface area contributed by atoms with Crippen LogP contribution in [-0.4, -0.2) is 34.5 Å². The van der Waals surface area contributed by atoms with Crippen LogP contribution in [0.25, 0.3) is 0 Å². The normalized spacial score (nSPS) is 10.5. The van der Waals surface area contributed by atoms with Crippen molar-refractivity contribution < 1.29 is 4.79 Å². The molecule has 0 aliphatic rings. The predicted octanol–water partition coefficient (Wildman–Crippen LogP) is 3.76. The molecule has 7 heteroatoms. The number of nitrogens with one attached hydrogen (secondary N) is 1. The maximum atomic E-state index is 12.5. The minimum atomic E-state index is -0.286. The Morgan fingerprint density at radius 2 is 1.81 bits per heavy atom. The van der Waals surface area contributed by atoms with Crippen LogP contribution in [0.2, 0.25) is 5.02 Å². The van der Waals surface area contributed by atoms with Gasteiger partial charge in [-0.05, 0) is 55.3 Å². The van der Waals surface area contributed by atoms with E-state index < -0.39 is 0 Å². The van der Waals surface area contributed by atoms with Crippen molar-refractivity contribution in [2.24, 2.45) is 0 Å². The van der Waals surface area contributed by atoms with Crippen molar-refractivity contribution >= 4 is 29.0 Å². The monoisotopic (exact) mass is 381 g/mol. The first-order chi connectivity index (χ1) is 13.0. The lowest BCUT2D eigenvalue weighted by Crippen LogP contribution is -2.23. The van der Waals surface area contributed by atoms with Gasteiger partial charge in [0.2, 0.25) is 0 Å². The number of carbonyl (C=O) groups is 1. The van der Waals surface area contributed by atoms with Gasteiger partial charge in [0.05, 0.1) is 0 Å². The summed E-state index contributed by atoms with van der Waals surface area (Å²) >= 11 is 5.87. The van der Waals surface area contributed by atoms with E-state index in [1.807, 2.05) is 24.1 Å². The van der Waals surface area contributed by atoms with E-state index in [-0.39, 0.29) is 5.91 Å². The Labute approximate surface area is 163 Å². The number of hydrogen-bond donors (Lipinski definition) is 1. The van der Waals surface area contributed by atoms with Crippen LogP contribution in [0.15, 0.2) is 54.9 Å². The van der Waals surface area contributed by atoms with Crippen LogP contribution in [-0.2, 0) is 6.42 Å². The molecule has 2 aromatic heterocycles. The topological polar surface area (TPSA) is 71.0 Å². The second-order valence-corrected chi connectivity index (χ2v) is 6.58. The summed E-state index contributed by atoms with van der Waals surface area (Å²) in [4.78, 5) is 27.3. The Kier molecular flexibility index (Phi) is 5.98. The van der Waals surface area contributed by atoms with Crippen molar-refractivity contribution in [2.75, 3.05) is 23.8 Å². The molecule has 0 atom stereocenters. The smallest absolute Gasteiger partial charge is 0.274 e. The first-order valence-electron chi connectivity index (χ1n) is 8.54. The molecule has 0 unspecified atom stereocenters. The van der Waals surface area contributed by atoms with E-state index in [0.717, 1.165) is 13.0 Å². The second kappa shape index (κ2) is 8.60. The van der Waals surface area contributed by atoms with Crippen molar-refractivity contribution in [1.82, 2.24) is 15.0 Å². The van der Waals surface area contributed by atoms with E-state index in [0.29, 0.717) is 28.0 Å². The highest BCUT2D eigenvalue weighted by molar-refractivity contribution is 6.30. The van der Waals surface area contributed by atoms with Crippen molar-refractivity contribution in [1.29, 1.82) is 0 Å². The Bertz CT molecular complexity index is 915. The number of halogens is 1. The van der Waals surface area contributed by atoms with Crippen molar-refractivity contribution in [3.63, 3.8) is 0 Å². The van der Waals surface area contributed by atoms with Crippen LogP contribution in [0.4, 0.5) is 11.5 Å². The summed E-state index contributed by atoms with van der Waals surface area (Å²) in [7, 11) is 1.95. The highest BCUT2D eigenvalue weighted by Gasteiger charge is 2.13. The molecule has 1 amide bonds. The van der Waals surface area contributed by atoms with Gasteiger partial charge in [0, 0.05) is 42.8 Å². The van der Waals surface area contributed by atoms with Crippen molar-refractivity contribution in [3.8, 4) is 0 Å². The third-order valence-electron chi connectivity index (χ3n) is 4.04. The van der Waals surface area contributed by atoms with Crippen LogP contribution in [0.1, 0.15) is 21.9 Å². The van der Waals surface area contributed by atoms with Gasteiger partial charge in [-0.2, -0.15) is 0 Å². The van der Waals surface area contributed by atoms with E-state index in [2.05, 4.69) is 20.3 Å². The molecule has 0 radical (unpaired) electrons. The average Bonchev–Trinajstić information content (AvgIpc) is 2.68. The molecule has 1 N–H and O–H groups in total. The van der Waals surface area contributed by atoms with E-state index in [1.165, 1.54) is 5.56 Å². The first kappa shape index (κ1) is 18.8. The first-order valence-corrected chi connectivity index (χ1v) is 8.92. The third-order valence-corrected chi connectivity index (χ3v) is 4.29. The lowest BCUT2D eigenvalue weighted by Gasteiger charge is -2.19. The van der Waals surface area contributed by atoms with Gasteiger partial charge in [0.25, 0.3) is 5.91 Å². The Morgan fingerprint density at radius 1 is 1.11 bits per heavy atom. The Morgan fingerprint density at radius 3 is 2.52 bits per heavy atom. The van der Waals surface area contributed by atoms with Gasteiger partial charge in [0.15, 0.2) is 0 Å². The number of amides is 1. The number of anilines is 2. The molecule has 0 spiro atoms. The molecule has 0 fully saturated rings. The molecule has 2 heterocycles. The molecular formula is C20H20ClN5O. The molecule has 3 aromatic rings. The minimum absolute atomic E-state index is 0.286. The molecule has 138 valence electrons. The number of aryl methyl sites for hydroxylation is 1. The number of pyridine rings is 1. The third kappa shape index (κ3) is 5.24. The van der Waals surface area contributed by atoms with Gasteiger partial charge in [0.1, 0.15) is 17.3 Å². The Hall–Kier alpha value is -2.99. The van der Waals surface area contributed by atoms with Crippen molar-refractivity contribution in [2.45, 2.75) is 13.3 Å². The average molecular weight is 382 g/mol. The number of rotatable bonds is 6. The van der Waals surface area contributed by atoms with Crippen LogP contribution >= 0.6 is 11.6 Å². The zero-order valence-corrected chi connectivity index (χ0v) is 15.9. The van der Waals surface area contributed by atoms with Crippen LogP contribution < -0.4 is 10.2 Å². The molecule has 6 nitrogen and oxygen atoms in total. The Balaban J connectivity index is 1.71. The summed E-state index contributed by atoms with van der Waals surface area (Å²) in [6.45, 7) is 2.54. The minimum Gasteiger partial charge on any atom is -0.359 e. The van der Waals surface area contributed by atoms with Gasteiger partial charge in [-0.15, -0.1) is 0 Å². The van der Waals surface area contributed by atoms with E-state index in [4.69, 9.17) is 11.6 Å². The summed E-state index contributed by atoms with van der Waals surface area (Å²) in [5.74, 6) is 0.967. The fraction of sp³-hybridized carbons (Fsp3) is 0.200. The number of likely N-dealkylation sites (N-methyl/N-ethyl adjacent to an activating group) is 1. The molecule has 27 heavy (non-hydrogen) atoms. The number of carbonyl (C=O) groups excluding carboxylic acids is 1. The fourth-order valence-corrected chi connectivity index (χ4v) is 2.68. The molecule has 3 rings (SSSR count). The second-order valence-electron chi connectivity index (χ2n) is 6.15. The van der Waals surface area contributed by atoms with Gasteiger partial charge in [-0.3, -0.25) is 9.78 Å². The van der Waals surface area contributed by atoms with Gasteiger partial charge in [-0.25, -0.2) is 9.97 Å². The molecule has 0 saturated heterocycles. The summed E-state index contributed by atoms with van der Waals surface area (Å²) < 4.78 is 0. The lowest BCUT2D eigenvalue weighted by atomic mass is 10.2. The van der Waals surface area contributed by atoms with Gasteiger partial charge in [-0.1, -0.05) is 11.6 Å². The van der Waals surface area contributed by atoms with Gasteiger partial charge >= 0.3 is 0 Å². The quantitative estimate of drug-likeness (QED) is 0.703. The molecule has 1 aromatic carbocycles. The summed E-state index contributed by atoms with van der Waals surface area (Å²) in [6.07, 6.45) is 4.42. The lowest BCUT2D eigenvalue weighted by molar-refractivity contribution is 0.102. The van der Waals surface area contributed by atoms with E-state index >= 15 is 0 Å². The molecule has 0 bridgehead atoms. The highest BCUT2D eigenvalue weighted by atomic mass is 35.5. The fourth-order valence-electron chi connectivity index (χ4n) is 2.55. The van der Waals surface area contributed by atoms with Crippen molar-refractivity contribution in [3.05, 3.63) is 77.0 Å². The number of benzene rings is 1. The van der Waals surface area contributed by atoms with Crippen LogP contribution in [0, 0.1) is 6.92 Å². The molecule has 0 aliphatic heterocycles. The molecule has 0 saturated carbocycles. The number of nitrogens with zero attached hydrogens (tertiary/aromatic N) is 4. The summed E-state index contributed by atoms with van der Waals surface area (Å²) in [5, 5.41) is 3.44. The summed E-state index contributed by atoms with van der Waals surface area (Å²) in [5.41, 5.74) is 2.18. The predicted molar refractivity (Wildman–Crippen MR) is 107 cm³/mol. The van der Waals surface area contributed by atoms with E-state index in [9.17, 15) is 4.79 Å². The van der Waals surface area contributed by atoms with Gasteiger partial charge < -0.3 is 10.2 Å². The van der Waals surface area contributed by atoms with Crippen LogP contribution in [0.5, 0.6) is 0 Å². The molecular weight excluding hydrogens is 362 g/mol.